The van der Waals surface area contributed by atoms with E-state index in [2.05, 4.69) is 0 Å². The van der Waals surface area contributed by atoms with Crippen molar-refractivity contribution < 1.29 is 26.4 Å². The van der Waals surface area contributed by atoms with Crippen molar-refractivity contribution in [2.24, 2.45) is 0 Å². The van der Waals surface area contributed by atoms with E-state index in [0.29, 0.717) is 22.3 Å². The number of alkyl halides is 3. The second kappa shape index (κ2) is 9.52. The van der Waals surface area contributed by atoms with E-state index >= 15 is 0 Å². The number of carbonyl (C=O) groups is 1. The lowest BCUT2D eigenvalue weighted by Gasteiger charge is -2.34. The van der Waals surface area contributed by atoms with Crippen LogP contribution < -0.4 is 0 Å². The molecule has 1 fully saturated rings. The molecule has 0 spiro atoms. The summed E-state index contributed by atoms with van der Waals surface area (Å²) in [4.78, 5) is 14.9. The number of amides is 1. The quantitative estimate of drug-likeness (QED) is 0.533. The van der Waals surface area contributed by atoms with Crippen LogP contribution in [0.1, 0.15) is 21.5 Å². The van der Waals surface area contributed by atoms with Gasteiger partial charge in [-0.05, 0) is 53.6 Å². The lowest BCUT2D eigenvalue weighted by molar-refractivity contribution is -0.137. The number of hydrogen-bond acceptors (Lipinski definition) is 4. The molecule has 0 radical (unpaired) electrons. The molecule has 1 aliphatic rings. The highest BCUT2D eigenvalue weighted by Gasteiger charge is 2.32. The predicted molar refractivity (Wildman–Crippen MR) is 123 cm³/mol. The van der Waals surface area contributed by atoms with Crippen molar-refractivity contribution in [1.29, 1.82) is 5.26 Å². The number of carbonyl (C=O) groups excluding carboxylic acids is 1. The fourth-order valence-electron chi connectivity index (χ4n) is 3.91. The van der Waals surface area contributed by atoms with E-state index in [1.165, 1.54) is 45.6 Å². The van der Waals surface area contributed by atoms with Gasteiger partial charge < -0.3 is 4.90 Å². The first-order chi connectivity index (χ1) is 16.6. The van der Waals surface area contributed by atoms with Gasteiger partial charge in [-0.2, -0.15) is 22.7 Å². The Balaban J connectivity index is 1.50. The Labute approximate surface area is 200 Å². The molecule has 0 saturated carbocycles. The maximum atomic E-state index is 13.3. The second-order valence-electron chi connectivity index (χ2n) is 7.95. The van der Waals surface area contributed by atoms with Crippen LogP contribution in [0.3, 0.4) is 0 Å². The fourth-order valence-corrected chi connectivity index (χ4v) is 5.33. The van der Waals surface area contributed by atoms with Crippen molar-refractivity contribution in [3.8, 4) is 17.2 Å². The Hall–Kier alpha value is -3.68. The number of piperazine rings is 1. The monoisotopic (exact) mass is 499 g/mol. The van der Waals surface area contributed by atoms with E-state index in [1.807, 2.05) is 6.07 Å². The SMILES string of the molecule is N#Cc1ccc(S(=O)(=O)N2CCN(C(=O)c3ccccc3-c3ccc(C(F)(F)F)cc3)CC2)cc1. The molecule has 0 atom stereocenters. The summed E-state index contributed by atoms with van der Waals surface area (Å²) in [6, 6.07) is 18.8. The summed E-state index contributed by atoms with van der Waals surface area (Å²) >= 11 is 0. The maximum Gasteiger partial charge on any atom is 0.416 e. The standard InChI is InChI=1S/C25H20F3N3O3S/c26-25(27,28)20-9-7-19(8-10-20)22-3-1-2-4-23(22)24(32)30-13-15-31(16-14-30)35(33,34)21-11-5-18(17-29)6-12-21/h1-12H,13-16H2. The highest BCUT2D eigenvalue weighted by atomic mass is 32.2. The predicted octanol–water partition coefficient (Wildman–Crippen LogP) is 4.39. The molecule has 1 heterocycles. The summed E-state index contributed by atoms with van der Waals surface area (Å²) in [7, 11) is -3.77. The van der Waals surface area contributed by atoms with Gasteiger partial charge in [0.15, 0.2) is 0 Å². The van der Waals surface area contributed by atoms with Gasteiger partial charge in [-0.25, -0.2) is 8.42 Å². The molecule has 0 aromatic heterocycles. The molecule has 0 N–H and O–H groups in total. The van der Waals surface area contributed by atoms with Gasteiger partial charge in [0.05, 0.1) is 22.1 Å². The minimum absolute atomic E-state index is 0.0731. The first-order valence-corrected chi connectivity index (χ1v) is 12.1. The molecular weight excluding hydrogens is 479 g/mol. The van der Waals surface area contributed by atoms with E-state index in [4.69, 9.17) is 5.26 Å². The molecule has 6 nitrogen and oxygen atoms in total. The third kappa shape index (κ3) is 5.06. The van der Waals surface area contributed by atoms with Crippen molar-refractivity contribution in [2.45, 2.75) is 11.1 Å². The summed E-state index contributed by atoms with van der Waals surface area (Å²) in [6.45, 7) is 0.512. The molecule has 0 unspecified atom stereocenters. The third-order valence-corrected chi connectivity index (χ3v) is 7.74. The van der Waals surface area contributed by atoms with Crippen LogP contribution in [0.2, 0.25) is 0 Å². The van der Waals surface area contributed by atoms with Crippen LogP contribution in [0.15, 0.2) is 77.7 Å². The van der Waals surface area contributed by atoms with Crippen molar-refractivity contribution >= 4 is 15.9 Å². The molecule has 1 saturated heterocycles. The van der Waals surface area contributed by atoms with Crippen molar-refractivity contribution in [3.63, 3.8) is 0 Å². The number of sulfonamides is 1. The van der Waals surface area contributed by atoms with E-state index in [1.54, 1.807) is 24.3 Å². The topological polar surface area (TPSA) is 81.5 Å². The largest absolute Gasteiger partial charge is 0.416 e. The number of nitrogens with zero attached hydrogens (tertiary/aromatic N) is 3. The van der Waals surface area contributed by atoms with Crippen LogP contribution in [0.4, 0.5) is 13.2 Å². The van der Waals surface area contributed by atoms with Crippen molar-refractivity contribution in [3.05, 3.63) is 89.5 Å². The summed E-state index contributed by atoms with van der Waals surface area (Å²) in [6.07, 6.45) is -4.45. The normalized spacial score (nSPS) is 15.0. The van der Waals surface area contributed by atoms with Crippen LogP contribution in [-0.2, 0) is 16.2 Å². The van der Waals surface area contributed by atoms with Gasteiger partial charge in [-0.15, -0.1) is 0 Å². The molecule has 1 aliphatic heterocycles. The number of nitriles is 1. The van der Waals surface area contributed by atoms with E-state index in [0.717, 1.165) is 12.1 Å². The number of halogens is 3. The third-order valence-electron chi connectivity index (χ3n) is 5.83. The van der Waals surface area contributed by atoms with Gasteiger partial charge in [0.25, 0.3) is 5.91 Å². The van der Waals surface area contributed by atoms with Gasteiger partial charge >= 0.3 is 6.18 Å². The van der Waals surface area contributed by atoms with E-state index in [-0.39, 0.29) is 37.0 Å². The zero-order valence-corrected chi connectivity index (χ0v) is 19.2. The molecule has 10 heteroatoms. The number of benzene rings is 3. The number of rotatable bonds is 4. The Morgan fingerprint density at radius 3 is 2.03 bits per heavy atom. The Morgan fingerprint density at radius 1 is 0.857 bits per heavy atom. The lowest BCUT2D eigenvalue weighted by atomic mass is 9.97. The average Bonchev–Trinajstić information content (AvgIpc) is 2.88. The van der Waals surface area contributed by atoms with Crippen LogP contribution >= 0.6 is 0 Å². The molecule has 3 aromatic carbocycles. The highest BCUT2D eigenvalue weighted by molar-refractivity contribution is 7.89. The molecule has 35 heavy (non-hydrogen) atoms. The summed E-state index contributed by atoms with van der Waals surface area (Å²) in [5.41, 5.74) is 0.884. The molecule has 180 valence electrons. The fraction of sp³-hybridized carbons (Fsp3) is 0.200. The minimum Gasteiger partial charge on any atom is -0.336 e. The Kier molecular flexibility index (Phi) is 6.65. The summed E-state index contributed by atoms with van der Waals surface area (Å²) in [5, 5.41) is 8.90. The molecule has 0 bridgehead atoms. The molecule has 1 amide bonds. The molecular formula is C25H20F3N3O3S. The van der Waals surface area contributed by atoms with E-state index < -0.39 is 21.8 Å². The van der Waals surface area contributed by atoms with Crippen LogP contribution in [0, 0.1) is 11.3 Å². The average molecular weight is 500 g/mol. The first kappa shape index (κ1) is 24.4. The highest BCUT2D eigenvalue weighted by Crippen LogP contribution is 2.32. The van der Waals surface area contributed by atoms with Gasteiger partial charge in [-0.1, -0.05) is 30.3 Å². The van der Waals surface area contributed by atoms with Crippen LogP contribution in [-0.4, -0.2) is 49.7 Å². The maximum absolute atomic E-state index is 13.3. The minimum atomic E-state index is -4.45. The zero-order chi connectivity index (χ0) is 25.2. The lowest BCUT2D eigenvalue weighted by Crippen LogP contribution is -2.50. The summed E-state index contributed by atoms with van der Waals surface area (Å²) < 4.78 is 65.9. The van der Waals surface area contributed by atoms with Gasteiger partial charge in [0.1, 0.15) is 0 Å². The van der Waals surface area contributed by atoms with Crippen molar-refractivity contribution in [1.82, 2.24) is 9.21 Å². The van der Waals surface area contributed by atoms with Gasteiger partial charge in [0.2, 0.25) is 10.0 Å². The smallest absolute Gasteiger partial charge is 0.336 e. The van der Waals surface area contributed by atoms with E-state index in [9.17, 15) is 26.4 Å². The molecule has 0 aliphatic carbocycles. The second-order valence-corrected chi connectivity index (χ2v) is 9.89. The Morgan fingerprint density at radius 2 is 1.46 bits per heavy atom. The number of hydrogen-bond donors (Lipinski definition) is 0. The summed E-state index contributed by atoms with van der Waals surface area (Å²) in [5.74, 6) is -0.323. The Bertz CT molecular complexity index is 1370. The molecule has 4 rings (SSSR count). The van der Waals surface area contributed by atoms with Gasteiger partial charge in [0, 0.05) is 31.7 Å². The van der Waals surface area contributed by atoms with Crippen LogP contribution in [0.25, 0.3) is 11.1 Å². The van der Waals surface area contributed by atoms with Gasteiger partial charge in [-0.3, -0.25) is 4.79 Å². The first-order valence-electron chi connectivity index (χ1n) is 10.7. The molecule has 3 aromatic rings. The van der Waals surface area contributed by atoms with Crippen LogP contribution in [0.5, 0.6) is 0 Å². The van der Waals surface area contributed by atoms with Crippen molar-refractivity contribution in [2.75, 3.05) is 26.2 Å². The zero-order valence-electron chi connectivity index (χ0n) is 18.4.